The zero-order valence-electron chi connectivity index (χ0n) is 9.39. The molecule has 6 heteroatoms. The zero-order valence-corrected chi connectivity index (χ0v) is 9.39. The Labute approximate surface area is 91.9 Å². The molecule has 0 rings (SSSR count). The summed E-state index contributed by atoms with van der Waals surface area (Å²) in [6.45, 7) is 6.53. The van der Waals surface area contributed by atoms with Crippen molar-refractivity contribution in [3.8, 4) is 0 Å². The van der Waals surface area contributed by atoms with Gasteiger partial charge in [-0.2, -0.15) is 13.2 Å². The number of ether oxygens (including phenoxy) is 1. The lowest BCUT2D eigenvalue weighted by molar-refractivity contribution is -0.285. The molecular formula is C10H15F3O3. The number of hydrogen-bond donors (Lipinski definition) is 1. The summed E-state index contributed by atoms with van der Waals surface area (Å²) in [4.78, 5) is 11.1. The zero-order chi connectivity index (χ0) is 13.1. The molecule has 0 amide bonds. The molecule has 94 valence electrons. The fraction of sp³-hybridized carbons (Fsp3) is 0.700. The molecule has 0 bridgehead atoms. The first kappa shape index (κ1) is 15.0. The fourth-order valence-corrected chi connectivity index (χ4v) is 1.01. The Hall–Kier alpha value is -1.04. The predicted molar refractivity (Wildman–Crippen MR) is 51.7 cm³/mol. The SMILES string of the molecule is C=C(C)C(=O)OC(CC)C(C)(O)C(F)(F)F. The smallest absolute Gasteiger partial charge is 0.420 e. The fourth-order valence-electron chi connectivity index (χ4n) is 1.01. The Balaban J connectivity index is 4.87. The van der Waals surface area contributed by atoms with Crippen molar-refractivity contribution in [1.82, 2.24) is 0 Å². The molecule has 16 heavy (non-hydrogen) atoms. The lowest BCUT2D eigenvalue weighted by atomic mass is 9.96. The van der Waals surface area contributed by atoms with Crippen LogP contribution in [0.4, 0.5) is 13.2 Å². The minimum Gasteiger partial charge on any atom is -0.456 e. The van der Waals surface area contributed by atoms with E-state index in [9.17, 15) is 23.1 Å². The molecular weight excluding hydrogens is 225 g/mol. The Morgan fingerprint density at radius 1 is 1.50 bits per heavy atom. The molecule has 0 aliphatic carbocycles. The number of rotatable bonds is 4. The van der Waals surface area contributed by atoms with E-state index >= 15 is 0 Å². The van der Waals surface area contributed by atoms with Gasteiger partial charge in [0, 0.05) is 5.57 Å². The monoisotopic (exact) mass is 240 g/mol. The predicted octanol–water partition coefficient (Wildman–Crippen LogP) is 2.20. The van der Waals surface area contributed by atoms with Gasteiger partial charge >= 0.3 is 12.1 Å². The second-order valence-corrected chi connectivity index (χ2v) is 3.73. The molecule has 0 fully saturated rings. The molecule has 3 nitrogen and oxygen atoms in total. The highest BCUT2D eigenvalue weighted by Crippen LogP contribution is 2.35. The van der Waals surface area contributed by atoms with E-state index in [0.29, 0.717) is 6.92 Å². The van der Waals surface area contributed by atoms with Gasteiger partial charge < -0.3 is 9.84 Å². The molecule has 2 atom stereocenters. The highest BCUT2D eigenvalue weighted by molar-refractivity contribution is 5.87. The van der Waals surface area contributed by atoms with E-state index in [1.807, 2.05) is 0 Å². The summed E-state index contributed by atoms with van der Waals surface area (Å²) in [5, 5.41) is 9.31. The number of aliphatic hydroxyl groups is 1. The minimum atomic E-state index is -4.86. The molecule has 2 unspecified atom stereocenters. The number of halogens is 3. The summed E-state index contributed by atoms with van der Waals surface area (Å²) < 4.78 is 41.9. The van der Waals surface area contributed by atoms with Crippen LogP contribution in [-0.2, 0) is 9.53 Å². The molecule has 0 aliphatic rings. The van der Waals surface area contributed by atoms with Crippen LogP contribution in [0.2, 0.25) is 0 Å². The van der Waals surface area contributed by atoms with Crippen LogP contribution in [0.5, 0.6) is 0 Å². The van der Waals surface area contributed by atoms with Gasteiger partial charge in [0.25, 0.3) is 0 Å². The molecule has 0 heterocycles. The maximum atomic E-state index is 12.5. The summed E-state index contributed by atoms with van der Waals surface area (Å²) in [7, 11) is 0. The van der Waals surface area contributed by atoms with E-state index in [1.54, 1.807) is 0 Å². The minimum absolute atomic E-state index is 0.0172. The average molecular weight is 240 g/mol. The molecule has 0 aromatic heterocycles. The first-order valence-electron chi connectivity index (χ1n) is 4.69. The molecule has 0 saturated carbocycles. The van der Waals surface area contributed by atoms with Gasteiger partial charge in [-0.15, -0.1) is 0 Å². The maximum Gasteiger partial charge on any atom is 0.420 e. The number of carbonyl (C=O) groups is 1. The Bertz CT molecular complexity index is 282. The largest absolute Gasteiger partial charge is 0.456 e. The Morgan fingerprint density at radius 2 is 1.94 bits per heavy atom. The standard InChI is InChI=1S/C10H15F3O3/c1-5-7(16-8(14)6(2)3)9(4,15)10(11,12)13/h7,15H,2,5H2,1,3-4H3. The van der Waals surface area contributed by atoms with Crippen LogP contribution >= 0.6 is 0 Å². The van der Waals surface area contributed by atoms with Gasteiger partial charge in [-0.05, 0) is 20.3 Å². The summed E-state index contributed by atoms with van der Waals surface area (Å²) in [6, 6.07) is 0. The van der Waals surface area contributed by atoms with Crippen molar-refractivity contribution in [3.05, 3.63) is 12.2 Å². The quantitative estimate of drug-likeness (QED) is 0.605. The lowest BCUT2D eigenvalue weighted by Crippen LogP contribution is -2.53. The highest BCUT2D eigenvalue weighted by Gasteiger charge is 2.56. The molecule has 0 aromatic carbocycles. The summed E-state index contributed by atoms with van der Waals surface area (Å²) >= 11 is 0. The maximum absolute atomic E-state index is 12.5. The van der Waals surface area contributed by atoms with Crippen molar-refractivity contribution < 1.29 is 27.8 Å². The summed E-state index contributed by atoms with van der Waals surface area (Å²) in [5.41, 5.74) is -3.08. The van der Waals surface area contributed by atoms with Gasteiger partial charge in [0.05, 0.1) is 0 Å². The van der Waals surface area contributed by atoms with E-state index in [-0.39, 0.29) is 12.0 Å². The number of hydrogen-bond acceptors (Lipinski definition) is 3. The van der Waals surface area contributed by atoms with Crippen LogP contribution in [0.1, 0.15) is 27.2 Å². The molecule has 0 radical (unpaired) electrons. The molecule has 0 aliphatic heterocycles. The Morgan fingerprint density at radius 3 is 2.19 bits per heavy atom. The van der Waals surface area contributed by atoms with Gasteiger partial charge in [-0.3, -0.25) is 0 Å². The number of esters is 1. The van der Waals surface area contributed by atoms with Crippen molar-refractivity contribution in [2.24, 2.45) is 0 Å². The third-order valence-electron chi connectivity index (χ3n) is 2.17. The second-order valence-electron chi connectivity index (χ2n) is 3.73. The highest BCUT2D eigenvalue weighted by atomic mass is 19.4. The van der Waals surface area contributed by atoms with Gasteiger partial charge in [0.2, 0.25) is 0 Å². The number of alkyl halides is 3. The Kier molecular flexibility index (Phi) is 4.55. The van der Waals surface area contributed by atoms with Crippen LogP contribution in [0.25, 0.3) is 0 Å². The second kappa shape index (κ2) is 4.86. The van der Waals surface area contributed by atoms with Crippen molar-refractivity contribution in [2.45, 2.75) is 45.1 Å². The first-order chi connectivity index (χ1) is 7.04. The third-order valence-corrected chi connectivity index (χ3v) is 2.17. The first-order valence-corrected chi connectivity index (χ1v) is 4.69. The van der Waals surface area contributed by atoms with E-state index in [1.165, 1.54) is 13.8 Å². The van der Waals surface area contributed by atoms with E-state index in [4.69, 9.17) is 0 Å². The number of carbonyl (C=O) groups excluding carboxylic acids is 1. The van der Waals surface area contributed by atoms with Crippen molar-refractivity contribution in [1.29, 1.82) is 0 Å². The van der Waals surface area contributed by atoms with Crippen LogP contribution in [0.3, 0.4) is 0 Å². The van der Waals surface area contributed by atoms with Crippen molar-refractivity contribution >= 4 is 5.97 Å². The lowest BCUT2D eigenvalue weighted by Gasteiger charge is -2.33. The van der Waals surface area contributed by atoms with Crippen LogP contribution in [0.15, 0.2) is 12.2 Å². The topological polar surface area (TPSA) is 46.5 Å². The van der Waals surface area contributed by atoms with Crippen molar-refractivity contribution in [3.63, 3.8) is 0 Å². The molecule has 0 spiro atoms. The van der Waals surface area contributed by atoms with Gasteiger partial charge in [0.15, 0.2) is 5.60 Å². The average Bonchev–Trinajstić information content (AvgIpc) is 2.11. The summed E-state index contributed by atoms with van der Waals surface area (Å²) in [5.74, 6) is -0.948. The van der Waals surface area contributed by atoms with Gasteiger partial charge in [0.1, 0.15) is 6.10 Å². The van der Waals surface area contributed by atoms with Gasteiger partial charge in [-0.1, -0.05) is 13.5 Å². The summed E-state index contributed by atoms with van der Waals surface area (Å²) in [6.07, 6.45) is -6.65. The third kappa shape index (κ3) is 3.23. The van der Waals surface area contributed by atoms with Crippen LogP contribution in [-0.4, -0.2) is 29.0 Å². The van der Waals surface area contributed by atoms with Crippen LogP contribution < -0.4 is 0 Å². The molecule has 0 saturated heterocycles. The van der Waals surface area contributed by atoms with E-state index in [0.717, 1.165) is 0 Å². The van der Waals surface area contributed by atoms with Crippen LogP contribution in [0, 0.1) is 0 Å². The van der Waals surface area contributed by atoms with E-state index < -0.39 is 23.9 Å². The normalized spacial score (nSPS) is 17.4. The van der Waals surface area contributed by atoms with E-state index in [2.05, 4.69) is 11.3 Å². The molecule has 0 aromatic rings. The van der Waals surface area contributed by atoms with Crippen molar-refractivity contribution in [2.75, 3.05) is 0 Å². The van der Waals surface area contributed by atoms with Gasteiger partial charge in [-0.25, -0.2) is 4.79 Å². The molecule has 1 N–H and O–H groups in total.